The third-order valence-corrected chi connectivity index (χ3v) is 16.3. The highest BCUT2D eigenvalue weighted by molar-refractivity contribution is 5.78. The lowest BCUT2D eigenvalue weighted by Crippen LogP contribution is -2.64. The highest BCUT2D eigenvalue weighted by Crippen LogP contribution is 2.25. The zero-order valence-electron chi connectivity index (χ0n) is 64.5. The van der Waals surface area contributed by atoms with Crippen molar-refractivity contribution in [3.05, 3.63) is 0 Å². The highest BCUT2D eigenvalue weighted by atomic mass is 16.7. The van der Waals surface area contributed by atoms with Crippen LogP contribution in [0.5, 0.6) is 0 Å². The molecule has 15 atom stereocenters. The van der Waals surface area contributed by atoms with Gasteiger partial charge in [0.05, 0.1) is 211 Å². The number of hydrogen-bond donors (Lipinski definition) is 17. The topological polar surface area (TPSA) is 590 Å². The lowest BCUT2D eigenvalue weighted by molar-refractivity contribution is -0.272. The van der Waals surface area contributed by atoms with Gasteiger partial charge in [-0.1, -0.05) is 0 Å². The van der Waals surface area contributed by atoms with E-state index >= 15 is 0 Å². The van der Waals surface area contributed by atoms with Gasteiger partial charge in [0, 0.05) is 79.6 Å². The molecule has 0 aromatic rings. The molecular formula is C68H124N8O36. The molecule has 3 rings (SSSR count). The number of hydrogen-bond acceptors (Lipinski definition) is 36. The van der Waals surface area contributed by atoms with Gasteiger partial charge in [-0.15, -0.1) is 0 Å². The van der Waals surface area contributed by atoms with Crippen LogP contribution in [0, 0.1) is 0 Å². The van der Waals surface area contributed by atoms with E-state index in [2.05, 4.69) is 42.5 Å². The van der Waals surface area contributed by atoms with Crippen LogP contribution in [0.3, 0.4) is 0 Å². The molecular weight excluding hydrogens is 1500 g/mol. The quantitative estimate of drug-likeness (QED) is 0.0251. The Balaban J connectivity index is 1.54. The van der Waals surface area contributed by atoms with E-state index < -0.39 is 159 Å². The molecule has 8 amide bonds. The van der Waals surface area contributed by atoms with Crippen molar-refractivity contribution in [1.82, 2.24) is 42.5 Å². The first-order valence-corrected chi connectivity index (χ1v) is 37.4. The van der Waals surface area contributed by atoms with Crippen molar-refractivity contribution in [3.63, 3.8) is 0 Å². The molecule has 3 aliphatic heterocycles. The molecule has 0 radical (unpaired) electrons. The number of rotatable bonds is 67. The fourth-order valence-electron chi connectivity index (χ4n) is 10.6. The molecule has 3 saturated heterocycles. The summed E-state index contributed by atoms with van der Waals surface area (Å²) in [6.45, 7) is 5.68. The molecule has 44 heteroatoms. The van der Waals surface area contributed by atoms with E-state index in [1.165, 1.54) is 27.7 Å². The summed E-state index contributed by atoms with van der Waals surface area (Å²) in [7, 11) is 0. The Hall–Kier alpha value is -5.36. The van der Waals surface area contributed by atoms with Gasteiger partial charge in [0.1, 0.15) is 78.6 Å². The van der Waals surface area contributed by atoms with Crippen LogP contribution in [-0.4, -0.2) is 428 Å². The first-order chi connectivity index (χ1) is 54.0. The number of aliphatic hydroxyl groups is 9. The van der Waals surface area contributed by atoms with Crippen LogP contribution in [0.4, 0.5) is 0 Å². The summed E-state index contributed by atoms with van der Waals surface area (Å²) in [5.74, 6) is -3.38. The smallest absolute Gasteiger partial charge is 0.222 e. The summed E-state index contributed by atoms with van der Waals surface area (Å²) in [5, 5.41) is 112. The van der Waals surface area contributed by atoms with Gasteiger partial charge in [-0.05, 0) is 0 Å². The number of nitrogens with one attached hydrogen (secondary N) is 8. The summed E-state index contributed by atoms with van der Waals surface area (Å²) in [6.07, 6.45) is -16.4. The average Bonchev–Trinajstić information content (AvgIpc) is 0.841. The third kappa shape index (κ3) is 44.7. The predicted molar refractivity (Wildman–Crippen MR) is 382 cm³/mol. The molecule has 17 N–H and O–H groups in total. The van der Waals surface area contributed by atoms with Crippen LogP contribution in [-0.2, 0) is 128 Å². The van der Waals surface area contributed by atoms with Gasteiger partial charge in [0.15, 0.2) is 18.9 Å². The first kappa shape index (κ1) is 101. The SMILES string of the molecule is CC(=O)NCCOCCOCCOCCOCCC(=O)NC(COCCC(=O)NCCOCCOCCOC1OC(CO)C(O)C(O)C1NC(C)=O)(COCCC(=O)NCCOCCOCCOC1OC(CO)C(O)C(O)C1NC(C)=O)COCCC(=O)NCCOCCOCCOC1OC(CO)C(O)C(O)C1NC(C)=O. The molecule has 0 aromatic carbocycles. The number of carbonyl (C=O) groups is 8. The average molecular weight is 1630 g/mol. The van der Waals surface area contributed by atoms with Gasteiger partial charge >= 0.3 is 0 Å². The lowest BCUT2D eigenvalue weighted by atomic mass is 9.97. The van der Waals surface area contributed by atoms with Gasteiger partial charge in [-0.25, -0.2) is 0 Å². The van der Waals surface area contributed by atoms with Crippen molar-refractivity contribution in [2.45, 2.75) is 151 Å². The van der Waals surface area contributed by atoms with Gasteiger partial charge in [-0.3, -0.25) is 38.4 Å². The Morgan fingerprint density at radius 1 is 0.286 bits per heavy atom. The minimum absolute atomic E-state index is 0.0363. The molecule has 0 saturated carbocycles. The minimum atomic E-state index is -1.48. The van der Waals surface area contributed by atoms with Crippen molar-refractivity contribution in [3.8, 4) is 0 Å². The summed E-state index contributed by atoms with van der Waals surface area (Å²) < 4.78 is 107. The van der Waals surface area contributed by atoms with Crippen molar-refractivity contribution < 1.29 is 174 Å². The molecule has 3 heterocycles. The first-order valence-electron chi connectivity index (χ1n) is 37.4. The number of ether oxygens (including phenoxy) is 19. The second-order valence-corrected chi connectivity index (χ2v) is 25.6. The second kappa shape index (κ2) is 62.0. The monoisotopic (exact) mass is 1630 g/mol. The van der Waals surface area contributed by atoms with Crippen LogP contribution >= 0.6 is 0 Å². The van der Waals surface area contributed by atoms with E-state index in [1.54, 1.807) is 0 Å². The molecule has 112 heavy (non-hydrogen) atoms. The Labute approximate surface area is 650 Å². The zero-order valence-corrected chi connectivity index (χ0v) is 64.5. The largest absolute Gasteiger partial charge is 0.394 e. The number of carbonyl (C=O) groups excluding carboxylic acids is 8. The fraction of sp³-hybridized carbons (Fsp3) is 0.882. The molecule has 0 bridgehead atoms. The van der Waals surface area contributed by atoms with Crippen LogP contribution in [0.1, 0.15) is 53.4 Å². The van der Waals surface area contributed by atoms with E-state index in [4.69, 9.17) is 90.0 Å². The molecule has 0 aliphatic carbocycles. The molecule has 3 fully saturated rings. The summed E-state index contributed by atoms with van der Waals surface area (Å²) in [6, 6.07) is -3.33. The molecule has 44 nitrogen and oxygen atoms in total. The maximum Gasteiger partial charge on any atom is 0.222 e. The Morgan fingerprint density at radius 3 is 0.777 bits per heavy atom. The van der Waals surface area contributed by atoms with Crippen LogP contribution in [0.2, 0.25) is 0 Å². The van der Waals surface area contributed by atoms with Gasteiger partial charge in [0.2, 0.25) is 47.3 Å². The summed E-state index contributed by atoms with van der Waals surface area (Å²) >= 11 is 0. The van der Waals surface area contributed by atoms with Gasteiger partial charge in [0.25, 0.3) is 0 Å². The highest BCUT2D eigenvalue weighted by Gasteiger charge is 2.48. The molecule has 15 unspecified atom stereocenters. The maximum absolute atomic E-state index is 13.8. The number of amides is 8. The standard InChI is InChI=1S/C68H124N8O36/c1-45(80)69-9-17-95-22-27-100-32-31-99-26-21-94-13-8-55(87)76-68(42-104-14-5-52(84)70-10-18-96-23-28-101-33-36-107-65-56(73-46(2)81)62(91)59(88)49(39-77)110-65,43-105-15-6-53(85)71-11-19-97-24-29-102-34-37-108-66-57(74-47(3)82)63(92)60(89)50(40-78)111-66)44-106-16-7-54(86)72-12-20-98-25-30-103-35-38-109-67-58(75-48(4)83)64(93)61(90)51(41-79)112-67/h49-51,56-67,77-79,88-93H,5-44H2,1-4H3,(H,69,80)(H,70,84)(H,71,85)(H,72,86)(H,73,81)(H,74,82)(H,75,83)(H,76,87). The van der Waals surface area contributed by atoms with Crippen molar-refractivity contribution >= 4 is 47.3 Å². The van der Waals surface area contributed by atoms with Crippen LogP contribution < -0.4 is 42.5 Å². The minimum Gasteiger partial charge on any atom is -0.394 e. The Morgan fingerprint density at radius 2 is 0.518 bits per heavy atom. The Bertz CT molecular complexity index is 2340. The molecule has 0 aromatic heterocycles. The Kier molecular flexibility index (Phi) is 55.8. The molecule has 652 valence electrons. The van der Waals surface area contributed by atoms with E-state index in [1.807, 2.05) is 0 Å². The predicted octanol–water partition coefficient (Wildman–Crippen LogP) is -10.0. The van der Waals surface area contributed by atoms with Crippen molar-refractivity contribution in [2.75, 3.05) is 238 Å². The van der Waals surface area contributed by atoms with Crippen LogP contribution in [0.15, 0.2) is 0 Å². The van der Waals surface area contributed by atoms with Crippen molar-refractivity contribution in [2.24, 2.45) is 0 Å². The third-order valence-electron chi connectivity index (χ3n) is 16.3. The normalized spacial score (nSPS) is 24.3. The van der Waals surface area contributed by atoms with Gasteiger partial charge in [-0.2, -0.15) is 0 Å². The van der Waals surface area contributed by atoms with E-state index in [0.29, 0.717) is 26.4 Å². The maximum atomic E-state index is 13.8. The number of aliphatic hydroxyl groups excluding tert-OH is 9. The summed E-state index contributed by atoms with van der Waals surface area (Å²) in [4.78, 5) is 98.9. The van der Waals surface area contributed by atoms with Crippen LogP contribution in [0.25, 0.3) is 0 Å². The zero-order chi connectivity index (χ0) is 82.2. The van der Waals surface area contributed by atoms with E-state index in [-0.39, 0.29) is 223 Å². The van der Waals surface area contributed by atoms with Gasteiger partial charge < -0.3 is 178 Å². The van der Waals surface area contributed by atoms with Crippen molar-refractivity contribution in [1.29, 1.82) is 0 Å². The van der Waals surface area contributed by atoms with E-state index in [9.17, 15) is 84.3 Å². The second-order valence-electron chi connectivity index (χ2n) is 25.6. The lowest BCUT2D eigenvalue weighted by Gasteiger charge is -2.42. The van der Waals surface area contributed by atoms with E-state index in [0.717, 1.165) is 0 Å². The molecule has 3 aliphatic rings. The molecule has 0 spiro atoms. The fourth-order valence-corrected chi connectivity index (χ4v) is 10.6. The summed E-state index contributed by atoms with van der Waals surface area (Å²) in [5.41, 5.74) is -1.48.